The molecule has 0 spiro atoms. The summed E-state index contributed by atoms with van der Waals surface area (Å²) >= 11 is 0. The van der Waals surface area contributed by atoms with Gasteiger partial charge in [-0.1, -0.05) is 50.0 Å². The Kier molecular flexibility index (Phi) is 21.2. The zero-order valence-electron chi connectivity index (χ0n) is 46.4. The van der Waals surface area contributed by atoms with Gasteiger partial charge in [-0.05, 0) is 67.4 Å². The van der Waals surface area contributed by atoms with Crippen molar-refractivity contribution in [2.45, 2.75) is 145 Å². The Labute approximate surface area is 485 Å². The molecule has 0 saturated carbocycles. The van der Waals surface area contributed by atoms with Crippen LogP contribution in [0.3, 0.4) is 0 Å². The van der Waals surface area contributed by atoms with E-state index in [1.165, 1.54) is 31.2 Å². The lowest BCUT2D eigenvalue weighted by Crippen LogP contribution is -2.64. The van der Waals surface area contributed by atoms with Crippen LogP contribution in [0.15, 0.2) is 77.3 Å². The fraction of sp³-hybridized carbons (Fsp3) is 0.482. The molecule has 3 saturated heterocycles. The molecule has 1 aromatic heterocycles. The van der Waals surface area contributed by atoms with E-state index in [9.17, 15) is 89.4 Å². The second-order valence-electron chi connectivity index (χ2n) is 21.4. The lowest BCUT2D eigenvalue weighted by atomic mass is 9.96. The van der Waals surface area contributed by atoms with Crippen LogP contribution in [0.5, 0.6) is 17.2 Å². The molecular formula is C56H71N9O20. The number of benzene rings is 3. The first-order valence-corrected chi connectivity index (χ1v) is 27.5. The summed E-state index contributed by atoms with van der Waals surface area (Å²) in [6.07, 6.45) is -16.4. The average Bonchev–Trinajstić information content (AvgIpc) is 2.47. The van der Waals surface area contributed by atoms with Crippen LogP contribution in [0, 0.1) is 5.92 Å². The molecule has 3 aromatic carbocycles. The number of fused-ring (bicyclic) bond motifs is 2. The predicted octanol–water partition coefficient (Wildman–Crippen LogP) is -3.38. The standard InChI is InChI=1S/C56H71N9O20/c1-4-5-6-17-84-32-14-11-28(12-15-32)40-21-33(63-85-40)27-7-9-29(10-8-27)49(76)58-34-20-39(71)52(79)62-54(81)45-46(73)25(2)23-65(45)56(83)43(38(70)22-41(57)72)60-53(80)44(48(75)47(74)30-13-16-36(68)37(69)18-30)61-51(78)35-19-31(67)24-64(35)55(82)42(26(3)66)59-50(34)77/h7-16,18,21,25-26,31,34-35,38-39,42-48,52,66-71,73-75,79H,4-6,17,19-20,22-24H2,1-3H3,(H2,57,72)(H,58,76)(H,59,77)(H,60,80)(H,61,78)(H,62,81)/t25-,26+,31+,34-,35-,38+,39+,42-,43-,44-,45-,46-,47-,48-,52+/m0/s1. The van der Waals surface area contributed by atoms with Gasteiger partial charge in [0.25, 0.3) is 5.91 Å². The summed E-state index contributed by atoms with van der Waals surface area (Å²) in [7, 11) is 0. The number of ether oxygens (including phenoxy) is 1. The van der Waals surface area contributed by atoms with Crippen molar-refractivity contribution < 1.29 is 98.7 Å². The zero-order valence-corrected chi connectivity index (χ0v) is 46.4. The molecule has 4 heterocycles. The minimum absolute atomic E-state index is 0.0815. The number of nitrogens with two attached hydrogens (primary N) is 1. The maximum Gasteiger partial charge on any atom is 0.251 e. The number of aromatic nitrogens is 1. The van der Waals surface area contributed by atoms with Gasteiger partial charge < -0.3 is 102 Å². The van der Waals surface area contributed by atoms with Gasteiger partial charge in [0.05, 0.1) is 37.4 Å². The lowest BCUT2D eigenvalue weighted by Gasteiger charge is -2.34. The number of carbonyl (C=O) groups excluding carboxylic acids is 8. The Bertz CT molecular complexity index is 3050. The van der Waals surface area contributed by atoms with Crippen molar-refractivity contribution in [3.63, 3.8) is 0 Å². The summed E-state index contributed by atoms with van der Waals surface area (Å²) in [5.74, 6) is -11.8. The van der Waals surface area contributed by atoms with Gasteiger partial charge in [0.2, 0.25) is 41.4 Å². The molecule has 29 heteroatoms. The number of phenolic OH excluding ortho intramolecular Hbond substituents is 2. The average molecular weight is 1190 g/mol. The van der Waals surface area contributed by atoms with Crippen molar-refractivity contribution in [3.8, 4) is 39.8 Å². The minimum atomic E-state index is -2.51. The van der Waals surface area contributed by atoms with Gasteiger partial charge in [-0.3, -0.25) is 38.4 Å². The number of aliphatic hydroxyl groups excluding tert-OH is 8. The molecule has 15 atom stereocenters. The van der Waals surface area contributed by atoms with Gasteiger partial charge in [-0.25, -0.2) is 0 Å². The van der Waals surface area contributed by atoms with E-state index in [0.29, 0.717) is 44.7 Å². The molecule has 8 amide bonds. The monoisotopic (exact) mass is 1190 g/mol. The molecule has 0 unspecified atom stereocenters. The Morgan fingerprint density at radius 1 is 0.753 bits per heavy atom. The van der Waals surface area contributed by atoms with Crippen LogP contribution in [0.1, 0.15) is 81.3 Å². The fourth-order valence-corrected chi connectivity index (χ4v) is 10.2. The fourth-order valence-electron chi connectivity index (χ4n) is 10.2. The third kappa shape index (κ3) is 15.3. The van der Waals surface area contributed by atoms with Crippen LogP contribution < -0.4 is 37.1 Å². The van der Waals surface area contributed by atoms with Crippen LogP contribution >= 0.6 is 0 Å². The largest absolute Gasteiger partial charge is 0.504 e. The molecule has 29 nitrogen and oxygen atoms in total. The van der Waals surface area contributed by atoms with Crippen LogP contribution in [0.4, 0.5) is 0 Å². The molecular weight excluding hydrogens is 1120 g/mol. The number of primary amides is 1. The molecule has 85 heavy (non-hydrogen) atoms. The number of unbranched alkanes of at least 4 members (excludes halogenated alkanes) is 2. The molecule has 4 aromatic rings. The van der Waals surface area contributed by atoms with E-state index in [1.54, 1.807) is 18.2 Å². The maximum atomic E-state index is 14.6. The molecule has 0 aliphatic carbocycles. The summed E-state index contributed by atoms with van der Waals surface area (Å²) in [6.45, 7) is 3.93. The van der Waals surface area contributed by atoms with E-state index in [4.69, 9.17) is 15.0 Å². The van der Waals surface area contributed by atoms with Crippen LogP contribution in [0.25, 0.3) is 22.6 Å². The number of carbonyl (C=O) groups is 8. The van der Waals surface area contributed by atoms with Crippen molar-refractivity contribution >= 4 is 47.3 Å². The number of aromatic hydroxyl groups is 2. The van der Waals surface area contributed by atoms with Crippen LogP contribution in [-0.4, -0.2) is 212 Å². The summed E-state index contributed by atoms with van der Waals surface area (Å²) in [4.78, 5) is 114. The molecule has 7 rings (SSSR count). The van der Waals surface area contributed by atoms with E-state index in [-0.39, 0.29) is 11.1 Å². The topological polar surface area (TPSA) is 467 Å². The van der Waals surface area contributed by atoms with Crippen LogP contribution in [0.2, 0.25) is 0 Å². The number of rotatable bonds is 16. The third-order valence-electron chi connectivity index (χ3n) is 15.0. The van der Waals surface area contributed by atoms with E-state index >= 15 is 0 Å². The van der Waals surface area contributed by atoms with E-state index < -0.39 is 182 Å². The van der Waals surface area contributed by atoms with Gasteiger partial charge in [0.15, 0.2) is 23.5 Å². The molecule has 3 fully saturated rings. The lowest BCUT2D eigenvalue weighted by molar-refractivity contribution is -0.149. The quantitative estimate of drug-likeness (QED) is 0.0384. The third-order valence-corrected chi connectivity index (χ3v) is 15.0. The highest BCUT2D eigenvalue weighted by atomic mass is 16.5. The van der Waals surface area contributed by atoms with Gasteiger partial charge in [0, 0.05) is 54.6 Å². The van der Waals surface area contributed by atoms with Crippen molar-refractivity contribution in [1.82, 2.24) is 41.5 Å². The number of nitrogens with one attached hydrogen (secondary N) is 5. The van der Waals surface area contributed by atoms with Gasteiger partial charge in [-0.15, -0.1) is 0 Å². The molecule has 460 valence electrons. The Morgan fingerprint density at radius 2 is 1.40 bits per heavy atom. The smallest absolute Gasteiger partial charge is 0.251 e. The first-order valence-electron chi connectivity index (χ1n) is 27.5. The maximum absolute atomic E-state index is 14.6. The number of hydrogen-bond donors (Lipinski definition) is 16. The Morgan fingerprint density at radius 3 is 2.05 bits per heavy atom. The van der Waals surface area contributed by atoms with E-state index in [0.717, 1.165) is 44.4 Å². The van der Waals surface area contributed by atoms with E-state index in [2.05, 4.69) is 33.3 Å². The second kappa shape index (κ2) is 28.1. The number of phenols is 2. The van der Waals surface area contributed by atoms with Gasteiger partial charge >= 0.3 is 0 Å². The van der Waals surface area contributed by atoms with Crippen LogP contribution in [-0.2, 0) is 33.6 Å². The van der Waals surface area contributed by atoms with E-state index in [1.807, 2.05) is 17.4 Å². The van der Waals surface area contributed by atoms with Crippen molar-refractivity contribution in [2.75, 3.05) is 19.7 Å². The summed E-state index contributed by atoms with van der Waals surface area (Å²) in [5.41, 5.74) is 6.48. The Hall–Kier alpha value is -8.29. The van der Waals surface area contributed by atoms with Gasteiger partial charge in [-0.2, -0.15) is 0 Å². The molecule has 0 bridgehead atoms. The number of amides is 8. The second-order valence-corrected chi connectivity index (χ2v) is 21.4. The van der Waals surface area contributed by atoms with Gasteiger partial charge in [0.1, 0.15) is 66.0 Å². The Balaban J connectivity index is 1.21. The zero-order chi connectivity index (χ0) is 62.1. The highest BCUT2D eigenvalue weighted by molar-refractivity contribution is 6.00. The highest BCUT2D eigenvalue weighted by Gasteiger charge is 2.51. The van der Waals surface area contributed by atoms with Crippen molar-refractivity contribution in [2.24, 2.45) is 11.7 Å². The summed E-state index contributed by atoms with van der Waals surface area (Å²) in [6, 6.07) is 4.67. The molecule has 3 aliphatic rings. The summed E-state index contributed by atoms with van der Waals surface area (Å²) in [5, 5.41) is 126. The number of aliphatic hydroxyl groups is 8. The molecule has 17 N–H and O–H groups in total. The minimum Gasteiger partial charge on any atom is -0.504 e. The van der Waals surface area contributed by atoms with Crippen molar-refractivity contribution in [1.29, 1.82) is 0 Å². The predicted molar refractivity (Wildman–Crippen MR) is 293 cm³/mol. The highest BCUT2D eigenvalue weighted by Crippen LogP contribution is 2.32. The normalized spacial score (nSPS) is 27.0. The first kappa shape index (κ1) is 64.3. The number of hydrogen-bond acceptors (Lipinski definition) is 21. The summed E-state index contributed by atoms with van der Waals surface area (Å²) < 4.78 is 11.4. The number of nitrogens with zero attached hydrogens (tertiary/aromatic N) is 3. The first-order chi connectivity index (χ1) is 40.3. The molecule has 3 aliphatic heterocycles. The van der Waals surface area contributed by atoms with Crippen molar-refractivity contribution in [3.05, 3.63) is 83.9 Å². The SMILES string of the molecule is CCCCCOc1ccc(-c2cc(-c3ccc(C(=O)N[C@H]4C[C@@H](O)[C@@H](O)NC(=O)[C@@H]5[C@@H](O)[C@@H](C)CN5C(=O)[C@H]([C@H](O)CC(N)=O)NC(=O)[C@H]([C@H](O)[C@@H](O)c5ccc(O)c(O)c5)NC(=O)[C@@H]5C[C@@H](O)CN5C(=O)[C@H]([C@@H](C)O)NC4=O)cc3)no2)cc1. The molecule has 0 radical (unpaired) electrons.